The predicted octanol–water partition coefficient (Wildman–Crippen LogP) is 2.25. The summed E-state index contributed by atoms with van der Waals surface area (Å²) >= 11 is 0. The van der Waals surface area contributed by atoms with Crippen molar-refractivity contribution in [1.82, 2.24) is 0 Å². The van der Waals surface area contributed by atoms with Crippen LogP contribution in [0.2, 0.25) is 0 Å². The first-order valence-corrected chi connectivity index (χ1v) is 3.90. The van der Waals surface area contributed by atoms with Gasteiger partial charge >= 0.3 is 5.97 Å². The van der Waals surface area contributed by atoms with E-state index < -0.39 is 5.97 Å². The van der Waals surface area contributed by atoms with Gasteiger partial charge in [0.2, 0.25) is 0 Å². The Bertz CT molecular complexity index is 352. The SMILES string of the molecule is [C-]#[N+]c1cccc(CCC(=O)O)c1. The zero-order valence-corrected chi connectivity index (χ0v) is 7.03. The van der Waals surface area contributed by atoms with Gasteiger partial charge in [-0.1, -0.05) is 29.8 Å². The highest BCUT2D eigenvalue weighted by atomic mass is 16.4. The van der Waals surface area contributed by atoms with Crippen molar-refractivity contribution in [2.24, 2.45) is 0 Å². The van der Waals surface area contributed by atoms with E-state index in [1.165, 1.54) is 0 Å². The number of carbonyl (C=O) groups is 1. The van der Waals surface area contributed by atoms with Gasteiger partial charge in [0, 0.05) is 6.42 Å². The zero-order chi connectivity index (χ0) is 9.68. The minimum Gasteiger partial charge on any atom is -0.481 e. The lowest BCUT2D eigenvalue weighted by molar-refractivity contribution is -0.136. The minimum absolute atomic E-state index is 0.113. The Kier molecular flexibility index (Phi) is 3.04. The average molecular weight is 175 g/mol. The van der Waals surface area contributed by atoms with E-state index in [-0.39, 0.29) is 6.42 Å². The summed E-state index contributed by atoms with van der Waals surface area (Å²) in [6.45, 7) is 6.77. The molecule has 1 aromatic carbocycles. The summed E-state index contributed by atoms with van der Waals surface area (Å²) in [6.07, 6.45) is 0.597. The van der Waals surface area contributed by atoms with Crippen LogP contribution in [0.4, 0.5) is 5.69 Å². The molecule has 0 saturated heterocycles. The van der Waals surface area contributed by atoms with Crippen LogP contribution >= 0.6 is 0 Å². The molecule has 13 heavy (non-hydrogen) atoms. The van der Waals surface area contributed by atoms with Crippen molar-refractivity contribution in [1.29, 1.82) is 0 Å². The van der Waals surface area contributed by atoms with E-state index in [2.05, 4.69) is 4.85 Å². The number of hydrogen-bond acceptors (Lipinski definition) is 1. The molecule has 0 aliphatic rings. The Labute approximate surface area is 76.4 Å². The molecule has 0 saturated carbocycles. The van der Waals surface area contributed by atoms with Gasteiger partial charge in [0.25, 0.3) is 0 Å². The molecule has 0 radical (unpaired) electrons. The number of aryl methyl sites for hydroxylation is 1. The molecular formula is C10H9NO2. The molecule has 3 nitrogen and oxygen atoms in total. The van der Waals surface area contributed by atoms with Gasteiger partial charge in [-0.3, -0.25) is 4.79 Å². The Morgan fingerprint density at radius 3 is 2.92 bits per heavy atom. The van der Waals surface area contributed by atoms with Crippen LogP contribution in [0.15, 0.2) is 24.3 Å². The summed E-state index contributed by atoms with van der Waals surface area (Å²) in [5.74, 6) is -0.812. The van der Waals surface area contributed by atoms with Crippen LogP contribution in [-0.4, -0.2) is 11.1 Å². The van der Waals surface area contributed by atoms with Crippen LogP contribution in [-0.2, 0) is 11.2 Å². The number of aliphatic carboxylic acids is 1. The predicted molar refractivity (Wildman–Crippen MR) is 48.7 cm³/mol. The largest absolute Gasteiger partial charge is 0.481 e. The molecule has 0 heterocycles. The number of carboxylic acid groups (broad SMARTS) is 1. The summed E-state index contributed by atoms with van der Waals surface area (Å²) in [6, 6.07) is 7.02. The van der Waals surface area contributed by atoms with E-state index in [9.17, 15) is 4.79 Å². The van der Waals surface area contributed by atoms with Crippen LogP contribution in [0, 0.1) is 6.57 Å². The smallest absolute Gasteiger partial charge is 0.303 e. The van der Waals surface area contributed by atoms with Crippen molar-refractivity contribution >= 4 is 11.7 Å². The molecule has 0 unspecified atom stereocenters. The molecule has 0 bridgehead atoms. The van der Waals surface area contributed by atoms with Crippen molar-refractivity contribution in [2.45, 2.75) is 12.8 Å². The molecule has 0 atom stereocenters. The van der Waals surface area contributed by atoms with Gasteiger partial charge in [0.15, 0.2) is 5.69 Å². The van der Waals surface area contributed by atoms with Crippen molar-refractivity contribution < 1.29 is 9.90 Å². The second kappa shape index (κ2) is 4.27. The molecule has 66 valence electrons. The highest BCUT2D eigenvalue weighted by Crippen LogP contribution is 2.14. The third-order valence-corrected chi connectivity index (χ3v) is 1.67. The van der Waals surface area contributed by atoms with E-state index in [4.69, 9.17) is 11.7 Å². The third-order valence-electron chi connectivity index (χ3n) is 1.67. The number of hydrogen-bond donors (Lipinski definition) is 1. The van der Waals surface area contributed by atoms with E-state index in [1.54, 1.807) is 18.2 Å². The molecule has 1 N–H and O–H groups in total. The maximum atomic E-state index is 10.3. The van der Waals surface area contributed by atoms with Gasteiger partial charge in [-0.25, -0.2) is 4.85 Å². The fourth-order valence-electron chi connectivity index (χ4n) is 1.03. The molecule has 0 amide bonds. The lowest BCUT2D eigenvalue weighted by atomic mass is 10.1. The fourth-order valence-corrected chi connectivity index (χ4v) is 1.03. The normalized spacial score (nSPS) is 9.15. The molecular weight excluding hydrogens is 166 g/mol. The van der Waals surface area contributed by atoms with Gasteiger partial charge < -0.3 is 5.11 Å². The minimum atomic E-state index is -0.812. The molecule has 0 aliphatic carbocycles. The summed E-state index contributed by atoms with van der Waals surface area (Å²) < 4.78 is 0. The highest BCUT2D eigenvalue weighted by molar-refractivity contribution is 5.67. The molecule has 3 heteroatoms. The summed E-state index contributed by atoms with van der Waals surface area (Å²) in [7, 11) is 0. The van der Waals surface area contributed by atoms with Crippen molar-refractivity contribution in [3.05, 3.63) is 41.2 Å². The second-order valence-electron chi connectivity index (χ2n) is 2.68. The average Bonchev–Trinajstić information content (AvgIpc) is 2.15. The first-order valence-electron chi connectivity index (χ1n) is 3.90. The Morgan fingerprint density at radius 1 is 1.54 bits per heavy atom. The van der Waals surface area contributed by atoms with E-state index in [0.29, 0.717) is 12.1 Å². The standard InChI is InChI=1S/C10H9NO2/c1-11-9-4-2-3-8(7-9)5-6-10(12)13/h2-4,7H,5-6H2,(H,12,13). The maximum Gasteiger partial charge on any atom is 0.303 e. The number of rotatable bonds is 3. The van der Waals surface area contributed by atoms with Gasteiger partial charge in [-0.05, 0) is 6.42 Å². The van der Waals surface area contributed by atoms with Crippen molar-refractivity contribution in [2.75, 3.05) is 0 Å². The Morgan fingerprint density at radius 2 is 2.31 bits per heavy atom. The zero-order valence-electron chi connectivity index (χ0n) is 7.03. The Balaban J connectivity index is 2.68. The molecule has 1 rings (SSSR count). The van der Waals surface area contributed by atoms with Crippen LogP contribution in [0.5, 0.6) is 0 Å². The lowest BCUT2D eigenvalue weighted by Crippen LogP contribution is -1.96. The highest BCUT2D eigenvalue weighted by Gasteiger charge is 1.99. The van der Waals surface area contributed by atoms with Crippen LogP contribution in [0.25, 0.3) is 4.85 Å². The van der Waals surface area contributed by atoms with Crippen LogP contribution in [0.3, 0.4) is 0 Å². The lowest BCUT2D eigenvalue weighted by Gasteiger charge is -1.98. The van der Waals surface area contributed by atoms with Crippen molar-refractivity contribution in [3.63, 3.8) is 0 Å². The monoisotopic (exact) mass is 175 g/mol. The van der Waals surface area contributed by atoms with Crippen molar-refractivity contribution in [3.8, 4) is 0 Å². The molecule has 1 aromatic rings. The molecule has 0 aliphatic heterocycles. The van der Waals surface area contributed by atoms with Crippen LogP contribution < -0.4 is 0 Å². The quantitative estimate of drug-likeness (QED) is 0.716. The van der Waals surface area contributed by atoms with Gasteiger partial charge in [-0.2, -0.15) is 0 Å². The molecule has 0 aromatic heterocycles. The molecule has 0 spiro atoms. The third kappa shape index (κ3) is 2.96. The van der Waals surface area contributed by atoms with Gasteiger partial charge in [0.05, 0.1) is 6.57 Å². The first-order chi connectivity index (χ1) is 6.22. The maximum absolute atomic E-state index is 10.3. The number of benzene rings is 1. The second-order valence-corrected chi connectivity index (χ2v) is 2.68. The van der Waals surface area contributed by atoms with E-state index >= 15 is 0 Å². The van der Waals surface area contributed by atoms with Gasteiger partial charge in [0.1, 0.15) is 0 Å². The van der Waals surface area contributed by atoms with E-state index in [1.807, 2.05) is 6.07 Å². The molecule has 0 fully saturated rings. The van der Waals surface area contributed by atoms with Gasteiger partial charge in [-0.15, -0.1) is 0 Å². The summed E-state index contributed by atoms with van der Waals surface area (Å²) in [5.41, 5.74) is 1.46. The number of carboxylic acids is 1. The van der Waals surface area contributed by atoms with Crippen LogP contribution in [0.1, 0.15) is 12.0 Å². The first kappa shape index (κ1) is 9.27. The summed E-state index contributed by atoms with van der Waals surface area (Å²) in [5, 5.41) is 8.44. The Hall–Kier alpha value is -1.82. The summed E-state index contributed by atoms with van der Waals surface area (Å²) in [4.78, 5) is 13.5. The fraction of sp³-hybridized carbons (Fsp3) is 0.200. The topological polar surface area (TPSA) is 41.7 Å². The van der Waals surface area contributed by atoms with E-state index in [0.717, 1.165) is 5.56 Å². The number of nitrogens with zero attached hydrogens (tertiary/aromatic N) is 1.